The smallest absolute Gasteiger partial charge is 0.131 e. The third-order valence-corrected chi connectivity index (χ3v) is 3.19. The van der Waals surface area contributed by atoms with Crippen LogP contribution in [0.3, 0.4) is 0 Å². The van der Waals surface area contributed by atoms with Crippen molar-refractivity contribution < 1.29 is 4.79 Å². The van der Waals surface area contributed by atoms with E-state index in [4.69, 9.17) is 0 Å². The van der Waals surface area contributed by atoms with Crippen LogP contribution < -0.4 is 5.32 Å². The number of carbonyl (C=O) groups excluding carboxylic acids is 1. The van der Waals surface area contributed by atoms with Crippen LogP contribution in [0.2, 0.25) is 0 Å². The molecule has 0 aliphatic rings. The monoisotopic (exact) mass is 197 g/mol. The van der Waals surface area contributed by atoms with Crippen molar-refractivity contribution in [1.82, 2.24) is 5.32 Å². The SMILES string of the molecule is CNC(CC(C)=O)c1sccc1C. The Morgan fingerprint density at radius 3 is 2.77 bits per heavy atom. The van der Waals surface area contributed by atoms with E-state index >= 15 is 0 Å². The summed E-state index contributed by atoms with van der Waals surface area (Å²) in [6.45, 7) is 3.71. The van der Waals surface area contributed by atoms with E-state index in [9.17, 15) is 4.79 Å². The van der Waals surface area contributed by atoms with Crippen LogP contribution in [0.4, 0.5) is 0 Å². The van der Waals surface area contributed by atoms with Crippen molar-refractivity contribution in [2.75, 3.05) is 7.05 Å². The van der Waals surface area contributed by atoms with Crippen molar-refractivity contribution in [3.63, 3.8) is 0 Å². The first-order valence-electron chi connectivity index (χ1n) is 4.36. The molecule has 72 valence electrons. The first-order chi connectivity index (χ1) is 6.15. The van der Waals surface area contributed by atoms with Gasteiger partial charge in [-0.25, -0.2) is 0 Å². The molecular formula is C10H15NOS. The molecule has 0 aliphatic carbocycles. The van der Waals surface area contributed by atoms with E-state index in [-0.39, 0.29) is 11.8 Å². The van der Waals surface area contributed by atoms with Gasteiger partial charge < -0.3 is 5.32 Å². The predicted octanol–water partition coefficient (Wildman–Crippen LogP) is 2.30. The van der Waals surface area contributed by atoms with Crippen LogP contribution in [0, 0.1) is 6.92 Å². The van der Waals surface area contributed by atoms with Crippen molar-refractivity contribution in [2.45, 2.75) is 26.3 Å². The molecule has 1 N–H and O–H groups in total. The number of thiophene rings is 1. The molecule has 3 heteroatoms. The zero-order valence-electron chi connectivity index (χ0n) is 8.26. The largest absolute Gasteiger partial charge is 0.312 e. The molecule has 1 aromatic heterocycles. The highest BCUT2D eigenvalue weighted by Crippen LogP contribution is 2.25. The van der Waals surface area contributed by atoms with Gasteiger partial charge in [0.2, 0.25) is 0 Å². The Hall–Kier alpha value is -0.670. The zero-order chi connectivity index (χ0) is 9.84. The normalized spacial score (nSPS) is 12.8. The summed E-state index contributed by atoms with van der Waals surface area (Å²) in [7, 11) is 1.90. The van der Waals surface area contributed by atoms with Crippen molar-refractivity contribution in [3.05, 3.63) is 21.9 Å². The van der Waals surface area contributed by atoms with E-state index in [1.165, 1.54) is 10.4 Å². The Labute approximate surface area is 83.0 Å². The van der Waals surface area contributed by atoms with E-state index in [1.807, 2.05) is 7.05 Å². The van der Waals surface area contributed by atoms with Crippen LogP contribution in [0.5, 0.6) is 0 Å². The number of ketones is 1. The maximum Gasteiger partial charge on any atom is 0.131 e. The topological polar surface area (TPSA) is 29.1 Å². The quantitative estimate of drug-likeness (QED) is 0.802. The average molecular weight is 197 g/mol. The lowest BCUT2D eigenvalue weighted by Gasteiger charge is -2.13. The molecule has 1 rings (SSSR count). The Morgan fingerprint density at radius 2 is 2.38 bits per heavy atom. The van der Waals surface area contributed by atoms with Gasteiger partial charge in [0.05, 0.1) is 0 Å². The maximum absolute atomic E-state index is 11.0. The molecule has 1 atom stereocenters. The summed E-state index contributed by atoms with van der Waals surface area (Å²) in [5.74, 6) is 0.229. The van der Waals surface area contributed by atoms with Gasteiger partial charge in [-0.2, -0.15) is 0 Å². The number of aryl methyl sites for hydroxylation is 1. The highest BCUT2D eigenvalue weighted by atomic mass is 32.1. The lowest BCUT2D eigenvalue weighted by Crippen LogP contribution is -2.18. The highest BCUT2D eigenvalue weighted by molar-refractivity contribution is 7.10. The van der Waals surface area contributed by atoms with Gasteiger partial charge in [-0.1, -0.05) is 0 Å². The van der Waals surface area contributed by atoms with E-state index in [0.29, 0.717) is 6.42 Å². The fourth-order valence-electron chi connectivity index (χ4n) is 1.35. The molecule has 0 radical (unpaired) electrons. The molecule has 0 saturated carbocycles. The molecule has 13 heavy (non-hydrogen) atoms. The first kappa shape index (κ1) is 10.4. The lowest BCUT2D eigenvalue weighted by atomic mass is 10.1. The van der Waals surface area contributed by atoms with E-state index in [1.54, 1.807) is 18.3 Å². The van der Waals surface area contributed by atoms with Gasteiger partial charge in [-0.15, -0.1) is 11.3 Å². The van der Waals surface area contributed by atoms with Gasteiger partial charge in [0.15, 0.2) is 0 Å². The summed E-state index contributed by atoms with van der Waals surface area (Å²) in [4.78, 5) is 12.3. The van der Waals surface area contributed by atoms with Crippen LogP contribution in [-0.2, 0) is 4.79 Å². The Bertz CT molecular complexity index is 293. The van der Waals surface area contributed by atoms with E-state index in [2.05, 4.69) is 23.7 Å². The zero-order valence-corrected chi connectivity index (χ0v) is 9.07. The van der Waals surface area contributed by atoms with Gasteiger partial charge in [0.1, 0.15) is 5.78 Å². The molecule has 0 amide bonds. The summed E-state index contributed by atoms with van der Waals surface area (Å²) in [6.07, 6.45) is 0.581. The fourth-order valence-corrected chi connectivity index (χ4v) is 2.39. The summed E-state index contributed by atoms with van der Waals surface area (Å²) in [5, 5.41) is 5.23. The van der Waals surface area contributed by atoms with Crippen LogP contribution in [0.15, 0.2) is 11.4 Å². The maximum atomic E-state index is 11.0. The Balaban J connectivity index is 2.78. The molecule has 1 heterocycles. The van der Waals surface area contributed by atoms with Gasteiger partial charge in [0, 0.05) is 17.3 Å². The van der Waals surface area contributed by atoms with Crippen molar-refractivity contribution in [3.8, 4) is 0 Å². The molecule has 0 aromatic carbocycles. The molecule has 1 unspecified atom stereocenters. The van der Waals surface area contributed by atoms with Crippen molar-refractivity contribution in [2.24, 2.45) is 0 Å². The van der Waals surface area contributed by atoms with Gasteiger partial charge in [0.25, 0.3) is 0 Å². The van der Waals surface area contributed by atoms with Crippen LogP contribution in [-0.4, -0.2) is 12.8 Å². The minimum atomic E-state index is 0.192. The lowest BCUT2D eigenvalue weighted by molar-refractivity contribution is -0.117. The van der Waals surface area contributed by atoms with E-state index in [0.717, 1.165) is 0 Å². The van der Waals surface area contributed by atoms with Gasteiger partial charge in [-0.3, -0.25) is 4.79 Å². The second-order valence-electron chi connectivity index (χ2n) is 3.22. The highest BCUT2D eigenvalue weighted by Gasteiger charge is 2.14. The molecule has 0 fully saturated rings. The molecular weight excluding hydrogens is 182 g/mol. The second-order valence-corrected chi connectivity index (χ2v) is 4.16. The summed E-state index contributed by atoms with van der Waals surface area (Å²) >= 11 is 1.71. The molecule has 2 nitrogen and oxygen atoms in total. The minimum Gasteiger partial charge on any atom is -0.312 e. The van der Waals surface area contributed by atoms with Gasteiger partial charge >= 0.3 is 0 Å². The molecule has 0 aliphatic heterocycles. The standard InChI is InChI=1S/C10H15NOS/c1-7-4-5-13-10(7)9(11-3)6-8(2)12/h4-5,9,11H,6H2,1-3H3. The van der Waals surface area contributed by atoms with Gasteiger partial charge in [-0.05, 0) is 37.9 Å². The molecule has 0 bridgehead atoms. The second kappa shape index (κ2) is 4.53. The van der Waals surface area contributed by atoms with Crippen molar-refractivity contribution in [1.29, 1.82) is 0 Å². The molecule has 0 spiro atoms. The predicted molar refractivity (Wildman–Crippen MR) is 56.2 cm³/mol. The summed E-state index contributed by atoms with van der Waals surface area (Å²) < 4.78 is 0. The number of hydrogen-bond acceptors (Lipinski definition) is 3. The van der Waals surface area contributed by atoms with E-state index < -0.39 is 0 Å². The Morgan fingerprint density at radius 1 is 1.69 bits per heavy atom. The Kier molecular flexibility index (Phi) is 3.63. The van der Waals surface area contributed by atoms with Crippen LogP contribution >= 0.6 is 11.3 Å². The number of rotatable bonds is 4. The van der Waals surface area contributed by atoms with Crippen LogP contribution in [0.25, 0.3) is 0 Å². The minimum absolute atomic E-state index is 0.192. The number of hydrogen-bond donors (Lipinski definition) is 1. The average Bonchev–Trinajstić information content (AvgIpc) is 2.47. The number of carbonyl (C=O) groups is 1. The summed E-state index contributed by atoms with van der Waals surface area (Å²) in [6, 6.07) is 2.28. The van der Waals surface area contributed by atoms with Crippen molar-refractivity contribution >= 4 is 17.1 Å². The number of nitrogens with one attached hydrogen (secondary N) is 1. The third kappa shape index (κ3) is 2.64. The summed E-state index contributed by atoms with van der Waals surface area (Å²) in [5.41, 5.74) is 1.27. The molecule has 1 aromatic rings. The first-order valence-corrected chi connectivity index (χ1v) is 5.23. The third-order valence-electron chi connectivity index (χ3n) is 2.06. The fraction of sp³-hybridized carbons (Fsp3) is 0.500. The number of Topliss-reactive ketones (excluding diaryl/α,β-unsaturated/α-hetero) is 1. The van der Waals surface area contributed by atoms with Crippen LogP contribution in [0.1, 0.15) is 29.8 Å². The molecule has 0 saturated heterocycles.